The van der Waals surface area contributed by atoms with Gasteiger partial charge < -0.3 is 14.9 Å². The lowest BCUT2D eigenvalue weighted by Crippen LogP contribution is -2.23. The number of halogens is 6. The Labute approximate surface area is 301 Å². The van der Waals surface area contributed by atoms with E-state index < -0.39 is 16.3 Å². The summed E-state index contributed by atoms with van der Waals surface area (Å²) in [5.74, 6) is -0.816. The van der Waals surface area contributed by atoms with Crippen LogP contribution in [0.5, 0.6) is 0 Å². The highest BCUT2D eigenvalue weighted by Gasteiger charge is 2.24. The van der Waals surface area contributed by atoms with Crippen LogP contribution in [0.1, 0.15) is 13.8 Å². The minimum Gasteiger partial charge on any atom is -0.395 e. The monoisotopic (exact) mass is 762 g/mol. The second-order valence-corrected chi connectivity index (χ2v) is 11.9. The molecule has 258 valence electrons. The standard InChI is InChI=1S/C16H11Cl2FN4O3.C16H13Cl2FN4O/c1-2-21-14(9-3-5-10(19)6-4-9)12(7-11(17)16(21)24)22-15(18)13(8-20-22)23(25)26;1-2-22-14(9-3-5-10(19)6-4-9)13(7-11(17)16(22)24)23-15(18)12(20)8-21-23/h3-8H,2H2,1H3;3-8H,2,20H2,1H3. The van der Waals surface area contributed by atoms with E-state index in [9.17, 15) is 28.5 Å². The van der Waals surface area contributed by atoms with E-state index in [1.165, 1.54) is 68.5 Å². The lowest BCUT2D eigenvalue weighted by atomic mass is 10.1. The molecule has 2 N–H and O–H groups in total. The molecular formula is C32H24Cl4F2N8O4. The molecule has 0 aliphatic heterocycles. The van der Waals surface area contributed by atoms with Crippen LogP contribution in [0, 0.1) is 21.7 Å². The van der Waals surface area contributed by atoms with Crippen molar-refractivity contribution >= 4 is 57.8 Å². The lowest BCUT2D eigenvalue weighted by molar-refractivity contribution is -0.384. The first-order chi connectivity index (χ1) is 23.8. The Bertz CT molecular complexity index is 2350. The molecule has 0 aliphatic rings. The molecule has 0 spiro atoms. The Morgan fingerprint density at radius 2 is 1.12 bits per heavy atom. The molecule has 6 rings (SSSR count). The molecule has 4 aromatic heterocycles. The predicted molar refractivity (Wildman–Crippen MR) is 189 cm³/mol. The van der Waals surface area contributed by atoms with E-state index in [-0.39, 0.29) is 49.6 Å². The molecule has 0 saturated heterocycles. The average Bonchev–Trinajstić information content (AvgIpc) is 3.65. The van der Waals surface area contributed by atoms with Gasteiger partial charge in [-0.05, 0) is 74.5 Å². The number of hydrogen-bond acceptors (Lipinski definition) is 7. The smallest absolute Gasteiger partial charge is 0.326 e. The fourth-order valence-electron chi connectivity index (χ4n) is 5.12. The largest absolute Gasteiger partial charge is 0.395 e. The first-order valence-corrected chi connectivity index (χ1v) is 16.1. The Morgan fingerprint density at radius 3 is 1.46 bits per heavy atom. The van der Waals surface area contributed by atoms with E-state index in [4.69, 9.17) is 52.1 Å². The summed E-state index contributed by atoms with van der Waals surface area (Å²) in [4.78, 5) is 35.2. The van der Waals surface area contributed by atoms with Gasteiger partial charge in [0.25, 0.3) is 11.1 Å². The number of anilines is 1. The quantitative estimate of drug-likeness (QED) is 0.129. The molecule has 0 fully saturated rings. The molecule has 0 amide bonds. The first kappa shape index (κ1) is 36.3. The number of rotatable bonds is 7. The van der Waals surface area contributed by atoms with Gasteiger partial charge in [0.05, 0.1) is 39.6 Å². The summed E-state index contributed by atoms with van der Waals surface area (Å²) in [6.07, 6.45) is 2.41. The normalized spacial score (nSPS) is 11.0. The molecular weight excluding hydrogens is 740 g/mol. The second-order valence-electron chi connectivity index (χ2n) is 10.4. The van der Waals surface area contributed by atoms with Crippen molar-refractivity contribution in [2.75, 3.05) is 5.73 Å². The van der Waals surface area contributed by atoms with Gasteiger partial charge in [-0.2, -0.15) is 10.2 Å². The zero-order valence-corrected chi connectivity index (χ0v) is 29.0. The van der Waals surface area contributed by atoms with Crippen LogP contribution in [-0.2, 0) is 13.1 Å². The fourth-order valence-corrected chi connectivity index (χ4v) is 5.96. The number of benzene rings is 2. The lowest BCUT2D eigenvalue weighted by Gasteiger charge is -2.17. The molecule has 12 nitrogen and oxygen atoms in total. The Balaban J connectivity index is 0.000000195. The topological polar surface area (TPSA) is 149 Å². The summed E-state index contributed by atoms with van der Waals surface area (Å²) in [5.41, 5.74) is 7.64. The molecule has 0 unspecified atom stereocenters. The molecule has 4 heterocycles. The van der Waals surface area contributed by atoms with Gasteiger partial charge in [0.1, 0.15) is 27.9 Å². The Morgan fingerprint density at radius 1 is 0.720 bits per heavy atom. The van der Waals surface area contributed by atoms with Crippen molar-refractivity contribution in [2.24, 2.45) is 0 Å². The minimum absolute atomic E-state index is 0.0304. The maximum Gasteiger partial charge on any atom is 0.326 e. The summed E-state index contributed by atoms with van der Waals surface area (Å²) in [7, 11) is 0. The summed E-state index contributed by atoms with van der Waals surface area (Å²) in [6.45, 7) is 4.18. The highest BCUT2D eigenvalue weighted by molar-refractivity contribution is 6.33. The van der Waals surface area contributed by atoms with Gasteiger partial charge in [0.15, 0.2) is 5.15 Å². The van der Waals surface area contributed by atoms with Crippen LogP contribution in [0.3, 0.4) is 0 Å². The number of nitro groups is 1. The van der Waals surface area contributed by atoms with Crippen molar-refractivity contribution < 1.29 is 13.7 Å². The van der Waals surface area contributed by atoms with Gasteiger partial charge in [0.2, 0.25) is 5.15 Å². The summed E-state index contributed by atoms with van der Waals surface area (Å²) in [5, 5.41) is 19.0. The zero-order valence-electron chi connectivity index (χ0n) is 26.0. The van der Waals surface area contributed by atoms with E-state index in [0.29, 0.717) is 40.4 Å². The average molecular weight is 764 g/mol. The van der Waals surface area contributed by atoms with E-state index in [1.807, 2.05) is 6.92 Å². The number of nitrogens with two attached hydrogens (primary N) is 1. The van der Waals surface area contributed by atoms with Gasteiger partial charge in [0, 0.05) is 24.2 Å². The third-order valence-electron chi connectivity index (χ3n) is 7.40. The maximum absolute atomic E-state index is 13.3. The van der Waals surface area contributed by atoms with Crippen LogP contribution in [0.15, 0.2) is 82.6 Å². The fraction of sp³-hybridized carbons (Fsp3) is 0.125. The molecule has 0 bridgehead atoms. The Hall–Kier alpha value is -5.02. The predicted octanol–water partition coefficient (Wildman–Crippen LogP) is 7.82. The number of hydrogen-bond donors (Lipinski definition) is 1. The SMILES string of the molecule is CCn1c(-c2ccc(F)cc2)c(-n2ncc(N)c2Cl)cc(Cl)c1=O.CCn1c(-c2ccc(F)cc2)c(-n2ncc([N+](=O)[O-])c2Cl)cc(Cl)c1=O. The molecule has 2 aromatic carbocycles. The molecule has 0 atom stereocenters. The number of pyridine rings is 2. The maximum atomic E-state index is 13.3. The van der Waals surface area contributed by atoms with Crippen molar-refractivity contribution in [2.45, 2.75) is 26.9 Å². The van der Waals surface area contributed by atoms with Crippen LogP contribution in [0.4, 0.5) is 20.2 Å². The molecule has 0 aliphatic carbocycles. The number of aromatic nitrogens is 6. The minimum atomic E-state index is -0.666. The van der Waals surface area contributed by atoms with Crippen LogP contribution in [-0.4, -0.2) is 33.6 Å². The van der Waals surface area contributed by atoms with Gasteiger partial charge in [-0.3, -0.25) is 19.7 Å². The van der Waals surface area contributed by atoms with Crippen LogP contribution >= 0.6 is 46.4 Å². The van der Waals surface area contributed by atoms with Crippen molar-refractivity contribution in [1.29, 1.82) is 0 Å². The zero-order chi connectivity index (χ0) is 36.4. The molecule has 18 heteroatoms. The first-order valence-electron chi connectivity index (χ1n) is 14.5. The Kier molecular flexibility index (Phi) is 10.8. The second kappa shape index (κ2) is 14.8. The molecule has 0 radical (unpaired) electrons. The summed E-state index contributed by atoms with van der Waals surface area (Å²) in [6, 6.07) is 14.1. The van der Waals surface area contributed by atoms with Crippen molar-refractivity contribution in [3.63, 3.8) is 0 Å². The van der Waals surface area contributed by atoms with Crippen molar-refractivity contribution in [3.05, 3.63) is 136 Å². The highest BCUT2D eigenvalue weighted by atomic mass is 35.5. The van der Waals surface area contributed by atoms with E-state index in [1.54, 1.807) is 19.1 Å². The van der Waals surface area contributed by atoms with Gasteiger partial charge >= 0.3 is 5.69 Å². The van der Waals surface area contributed by atoms with Crippen molar-refractivity contribution in [1.82, 2.24) is 28.7 Å². The molecule has 6 aromatic rings. The van der Waals surface area contributed by atoms with Gasteiger partial charge in [-0.1, -0.05) is 46.4 Å². The third-order valence-corrected chi connectivity index (χ3v) is 8.67. The number of nitrogens with zero attached hydrogens (tertiary/aromatic N) is 7. The van der Waals surface area contributed by atoms with Crippen LogP contribution in [0.25, 0.3) is 33.9 Å². The van der Waals surface area contributed by atoms with Crippen LogP contribution in [0.2, 0.25) is 20.4 Å². The molecule has 50 heavy (non-hydrogen) atoms. The number of nitrogen functional groups attached to an aromatic ring is 1. The summed E-state index contributed by atoms with van der Waals surface area (Å²) < 4.78 is 32.0. The highest BCUT2D eigenvalue weighted by Crippen LogP contribution is 2.34. The van der Waals surface area contributed by atoms with Crippen LogP contribution < -0.4 is 16.9 Å². The van der Waals surface area contributed by atoms with Gasteiger partial charge in [-0.25, -0.2) is 18.1 Å². The van der Waals surface area contributed by atoms with Gasteiger partial charge in [-0.15, -0.1) is 0 Å². The van der Waals surface area contributed by atoms with E-state index in [2.05, 4.69) is 10.2 Å². The van der Waals surface area contributed by atoms with E-state index >= 15 is 0 Å². The van der Waals surface area contributed by atoms with E-state index in [0.717, 1.165) is 10.9 Å². The summed E-state index contributed by atoms with van der Waals surface area (Å²) >= 11 is 24.4. The van der Waals surface area contributed by atoms with Crippen molar-refractivity contribution in [3.8, 4) is 33.9 Å². The molecule has 0 saturated carbocycles. The third kappa shape index (κ3) is 6.87.